The molecule has 0 spiro atoms. The lowest BCUT2D eigenvalue weighted by atomic mass is 9.87. The van der Waals surface area contributed by atoms with Crippen molar-refractivity contribution < 1.29 is 14.3 Å². The molecular weight excluding hydrogens is 354 g/mol. The molecule has 0 saturated carbocycles. The molecule has 4 aromatic rings. The average molecular weight is 371 g/mol. The van der Waals surface area contributed by atoms with E-state index in [1.54, 1.807) is 35.4 Å². The number of rotatable bonds is 3. The summed E-state index contributed by atoms with van der Waals surface area (Å²) in [6, 6.07) is 18.6. The molecule has 5 rings (SSSR count). The van der Waals surface area contributed by atoms with Crippen molar-refractivity contribution in [3.05, 3.63) is 101 Å². The number of aromatic nitrogens is 2. The summed E-state index contributed by atoms with van der Waals surface area (Å²) in [5, 5.41) is 18.7. The second kappa shape index (κ2) is 6.42. The molecule has 138 valence electrons. The minimum absolute atomic E-state index is 0.113. The maximum absolute atomic E-state index is 9.85. The number of phenols is 1. The van der Waals surface area contributed by atoms with Gasteiger partial charge in [-0.05, 0) is 23.8 Å². The Morgan fingerprint density at radius 3 is 2.71 bits per heavy atom. The fraction of sp³-hybridized carbons (Fsp3) is 0.0909. The molecule has 0 aliphatic carbocycles. The maximum Gasteiger partial charge on any atom is 0.228 e. The van der Waals surface area contributed by atoms with Crippen LogP contribution in [-0.2, 0) is 6.54 Å². The maximum atomic E-state index is 9.85. The first-order valence-corrected chi connectivity index (χ1v) is 8.93. The molecule has 0 radical (unpaired) electrons. The van der Waals surface area contributed by atoms with E-state index in [2.05, 4.69) is 4.98 Å². The molecule has 1 aliphatic heterocycles. The zero-order valence-corrected chi connectivity index (χ0v) is 14.9. The molecule has 0 bridgehead atoms. The van der Waals surface area contributed by atoms with Crippen molar-refractivity contribution in [3.63, 3.8) is 0 Å². The summed E-state index contributed by atoms with van der Waals surface area (Å²) >= 11 is 0. The third-order valence-electron chi connectivity index (χ3n) is 4.91. The van der Waals surface area contributed by atoms with Crippen LogP contribution in [0.5, 0.6) is 17.4 Å². The van der Waals surface area contributed by atoms with Gasteiger partial charge in [0.15, 0.2) is 0 Å². The van der Waals surface area contributed by atoms with Crippen LogP contribution >= 0.6 is 0 Å². The Hall–Kier alpha value is -3.80. The fourth-order valence-electron chi connectivity index (χ4n) is 3.61. The molecule has 28 heavy (non-hydrogen) atoms. The summed E-state index contributed by atoms with van der Waals surface area (Å²) in [6.07, 6.45) is 3.23. The van der Waals surface area contributed by atoms with Crippen molar-refractivity contribution in [2.24, 2.45) is 0 Å². The number of phenolic OH excluding ortho intramolecular Hbond substituents is 1. The molecule has 1 aliphatic rings. The zero-order chi connectivity index (χ0) is 19.1. The van der Waals surface area contributed by atoms with E-state index in [-0.39, 0.29) is 11.7 Å². The molecule has 2 N–H and O–H groups in total. The molecular formula is C22H17N3O3. The average Bonchev–Trinajstić information content (AvgIpc) is 3.24. The number of nitrogens with zero attached hydrogens (tertiary/aromatic N) is 2. The van der Waals surface area contributed by atoms with E-state index in [9.17, 15) is 5.11 Å². The van der Waals surface area contributed by atoms with Gasteiger partial charge in [0.25, 0.3) is 0 Å². The van der Waals surface area contributed by atoms with Crippen molar-refractivity contribution >= 4 is 0 Å². The van der Waals surface area contributed by atoms with Gasteiger partial charge in [-0.2, -0.15) is 0 Å². The highest BCUT2D eigenvalue weighted by molar-refractivity contribution is 5.55. The van der Waals surface area contributed by atoms with Crippen LogP contribution in [0.1, 0.15) is 28.4 Å². The summed E-state index contributed by atoms with van der Waals surface area (Å²) in [6.45, 7) is 0.535. The van der Waals surface area contributed by atoms with Crippen LogP contribution in [0.15, 0.2) is 77.7 Å². The molecule has 0 fully saturated rings. The van der Waals surface area contributed by atoms with Crippen LogP contribution in [0.3, 0.4) is 0 Å². The third-order valence-corrected chi connectivity index (χ3v) is 4.91. The van der Waals surface area contributed by atoms with Crippen molar-refractivity contribution in [2.75, 3.05) is 0 Å². The van der Waals surface area contributed by atoms with Crippen molar-refractivity contribution in [3.8, 4) is 17.4 Å². The summed E-state index contributed by atoms with van der Waals surface area (Å²) in [5.74, 6) is 1.35. The smallest absolute Gasteiger partial charge is 0.228 e. The highest BCUT2D eigenvalue weighted by atomic mass is 16.5. The van der Waals surface area contributed by atoms with Crippen molar-refractivity contribution in [2.45, 2.75) is 12.5 Å². The van der Waals surface area contributed by atoms with Gasteiger partial charge in [0.2, 0.25) is 5.88 Å². The van der Waals surface area contributed by atoms with Gasteiger partial charge >= 0.3 is 0 Å². The molecule has 6 nitrogen and oxygen atoms in total. The van der Waals surface area contributed by atoms with Gasteiger partial charge in [0.05, 0.1) is 24.3 Å². The molecule has 0 unspecified atom stereocenters. The predicted molar refractivity (Wildman–Crippen MR) is 101 cm³/mol. The summed E-state index contributed by atoms with van der Waals surface area (Å²) < 4.78 is 13.4. The lowest BCUT2D eigenvalue weighted by molar-refractivity contribution is 0.401. The van der Waals surface area contributed by atoms with Crippen LogP contribution in [0.2, 0.25) is 0 Å². The van der Waals surface area contributed by atoms with Gasteiger partial charge in [-0.1, -0.05) is 36.4 Å². The van der Waals surface area contributed by atoms with E-state index < -0.39 is 0 Å². The molecule has 0 saturated heterocycles. The molecule has 2 aromatic carbocycles. The third kappa shape index (κ3) is 2.66. The second-order valence-corrected chi connectivity index (χ2v) is 6.70. The first kappa shape index (κ1) is 16.4. The molecule has 3 heterocycles. The van der Waals surface area contributed by atoms with Gasteiger partial charge in [-0.3, -0.25) is 5.41 Å². The van der Waals surface area contributed by atoms with E-state index in [1.807, 2.05) is 42.5 Å². The Balaban J connectivity index is 1.68. The Labute approximate surface area is 160 Å². The van der Waals surface area contributed by atoms with E-state index >= 15 is 0 Å². The number of aromatic hydroxyl groups is 1. The van der Waals surface area contributed by atoms with Gasteiger partial charge in [0, 0.05) is 11.6 Å². The molecule has 6 heteroatoms. The minimum Gasteiger partial charge on any atom is -0.508 e. The van der Waals surface area contributed by atoms with Gasteiger partial charge < -0.3 is 18.8 Å². The Morgan fingerprint density at radius 2 is 1.93 bits per heavy atom. The molecule has 2 aromatic heterocycles. The largest absolute Gasteiger partial charge is 0.508 e. The Kier molecular flexibility index (Phi) is 3.76. The lowest BCUT2D eigenvalue weighted by Gasteiger charge is -2.27. The van der Waals surface area contributed by atoms with E-state index in [0.29, 0.717) is 35.0 Å². The number of ether oxygens (including phenoxy) is 1. The van der Waals surface area contributed by atoms with E-state index in [0.717, 1.165) is 11.1 Å². The lowest BCUT2D eigenvalue weighted by Crippen LogP contribution is -2.30. The number of hydrogen-bond acceptors (Lipinski definition) is 5. The number of nitrogens with one attached hydrogen (secondary N) is 1. The monoisotopic (exact) mass is 371 g/mol. The van der Waals surface area contributed by atoms with Crippen LogP contribution in [0.4, 0.5) is 0 Å². The summed E-state index contributed by atoms with van der Waals surface area (Å²) in [4.78, 5) is 4.46. The molecule has 0 amide bonds. The van der Waals surface area contributed by atoms with E-state index in [1.165, 1.54) is 0 Å². The molecule has 1 atom stereocenters. The van der Waals surface area contributed by atoms with Crippen LogP contribution in [-0.4, -0.2) is 14.7 Å². The highest BCUT2D eigenvalue weighted by Crippen LogP contribution is 2.45. The van der Waals surface area contributed by atoms with Gasteiger partial charge in [0.1, 0.15) is 29.1 Å². The predicted octanol–water partition coefficient (Wildman–Crippen LogP) is 4.00. The highest BCUT2D eigenvalue weighted by Gasteiger charge is 2.33. The first-order chi connectivity index (χ1) is 13.7. The van der Waals surface area contributed by atoms with Crippen molar-refractivity contribution in [1.82, 2.24) is 9.55 Å². The summed E-state index contributed by atoms with van der Waals surface area (Å²) in [7, 11) is 0. The first-order valence-electron chi connectivity index (χ1n) is 8.93. The summed E-state index contributed by atoms with van der Waals surface area (Å²) in [5.41, 5.74) is 2.87. The number of benzene rings is 2. The number of hydrogen-bond donors (Lipinski definition) is 2. The van der Waals surface area contributed by atoms with Crippen LogP contribution < -0.4 is 10.2 Å². The number of furan rings is 1. The topological polar surface area (TPSA) is 84.3 Å². The standard InChI is InChI=1S/C22H17N3O3/c23-21-20-19(17-7-4-10-27-17)16-9-8-15(26)11-18(16)28-22(20)24-13-25(21)12-14-5-2-1-3-6-14/h1-11,13,19,23,26H,12H2/t19-/m0/s1. The minimum atomic E-state index is -0.336. The van der Waals surface area contributed by atoms with Gasteiger partial charge in [-0.25, -0.2) is 4.98 Å². The quantitative estimate of drug-likeness (QED) is 0.502. The Bertz CT molecular complexity index is 1200. The van der Waals surface area contributed by atoms with Crippen molar-refractivity contribution in [1.29, 1.82) is 5.41 Å². The normalized spacial score (nSPS) is 14.8. The van der Waals surface area contributed by atoms with Gasteiger partial charge in [-0.15, -0.1) is 0 Å². The SMILES string of the molecule is N=c1c2c(ncn1Cc1ccccc1)Oc1cc(O)ccc1[C@H]2c1ccco1. The van der Waals surface area contributed by atoms with Crippen LogP contribution in [0.25, 0.3) is 0 Å². The second-order valence-electron chi connectivity index (χ2n) is 6.70. The van der Waals surface area contributed by atoms with Crippen LogP contribution in [0, 0.1) is 5.41 Å². The fourth-order valence-corrected chi connectivity index (χ4v) is 3.61. The van der Waals surface area contributed by atoms with E-state index in [4.69, 9.17) is 14.6 Å². The number of fused-ring (bicyclic) bond motifs is 2. The Morgan fingerprint density at radius 1 is 1.07 bits per heavy atom. The zero-order valence-electron chi connectivity index (χ0n) is 14.9.